The average Bonchev–Trinajstić information content (AvgIpc) is 3.59. The zero-order valence-corrected chi connectivity index (χ0v) is 42.8. The fourth-order valence-electron chi connectivity index (χ4n) is 14.0. The molecule has 2 heterocycles. The maximum absolute atomic E-state index is 2.60. The van der Waals surface area contributed by atoms with Crippen LogP contribution in [0.2, 0.25) is 0 Å². The predicted molar refractivity (Wildman–Crippen MR) is 318 cm³/mol. The molecule has 2 aliphatic heterocycles. The van der Waals surface area contributed by atoms with Gasteiger partial charge in [0.05, 0.1) is 0 Å². The summed E-state index contributed by atoms with van der Waals surface area (Å²) in [4.78, 5) is 5.14. The van der Waals surface area contributed by atoms with Crippen LogP contribution in [-0.4, -0.2) is 0 Å². The van der Waals surface area contributed by atoms with Crippen LogP contribution in [0.3, 0.4) is 0 Å². The average molecular weight is 963 g/mol. The maximum Gasteiger partial charge on any atom is 0.0493 e. The van der Waals surface area contributed by atoms with Gasteiger partial charge in [0.1, 0.15) is 0 Å². The molecule has 0 aromatic heterocycles. The Kier molecular flexibility index (Phi) is 10.2. The van der Waals surface area contributed by atoms with Crippen molar-refractivity contribution < 1.29 is 0 Å². The first kappa shape index (κ1) is 44.1. The van der Waals surface area contributed by atoms with Crippen molar-refractivity contribution in [3.8, 4) is 22.3 Å². The molecule has 10 aromatic rings. The summed E-state index contributed by atoms with van der Waals surface area (Å²) in [5.74, 6) is 0.354. The second kappa shape index (κ2) is 17.3. The number of hydrogen-bond acceptors (Lipinski definition) is 2. The lowest BCUT2D eigenvalue weighted by Crippen LogP contribution is -2.25. The van der Waals surface area contributed by atoms with E-state index in [0.717, 1.165) is 44.9 Å². The summed E-state index contributed by atoms with van der Waals surface area (Å²) in [6, 6.07) is 76.3. The number of fused-ring (bicyclic) bond motifs is 9. The van der Waals surface area contributed by atoms with Crippen LogP contribution in [0.4, 0.5) is 28.4 Å². The van der Waals surface area contributed by atoms with E-state index in [0.29, 0.717) is 5.92 Å². The number of allylic oxidation sites excluding steroid dienone is 7. The van der Waals surface area contributed by atoms with Crippen LogP contribution >= 0.6 is 0 Å². The van der Waals surface area contributed by atoms with Crippen LogP contribution in [-0.2, 0) is 24.7 Å². The van der Waals surface area contributed by atoms with Gasteiger partial charge in [-0.15, -0.1) is 0 Å². The molecule has 0 amide bonds. The monoisotopic (exact) mass is 962 g/mol. The summed E-state index contributed by atoms with van der Waals surface area (Å²) < 4.78 is 0. The maximum atomic E-state index is 2.60. The van der Waals surface area contributed by atoms with Crippen LogP contribution in [0.15, 0.2) is 236 Å². The topological polar surface area (TPSA) is 6.48 Å². The predicted octanol–water partition coefficient (Wildman–Crippen LogP) is 19.5. The normalized spacial score (nSPS) is 17.3. The molecule has 15 rings (SSSR count). The molecule has 1 atom stereocenters. The van der Waals surface area contributed by atoms with Crippen LogP contribution < -0.4 is 9.80 Å². The lowest BCUT2D eigenvalue weighted by Gasteiger charge is -2.33. The Morgan fingerprint density at radius 3 is 1.75 bits per heavy atom. The van der Waals surface area contributed by atoms with Gasteiger partial charge in [-0.25, -0.2) is 0 Å². The summed E-state index contributed by atoms with van der Waals surface area (Å²) in [7, 11) is 0. The third-order valence-corrected chi connectivity index (χ3v) is 17.8. The molecular weight excluding hydrogens is 905 g/mol. The molecule has 0 bridgehead atoms. The van der Waals surface area contributed by atoms with E-state index >= 15 is 0 Å². The molecule has 0 N–H and O–H groups in total. The number of anilines is 5. The summed E-state index contributed by atoms with van der Waals surface area (Å²) in [6.45, 7) is 4.95. The highest BCUT2D eigenvalue weighted by atomic mass is 15.2. The zero-order chi connectivity index (χ0) is 49.8. The second-order valence-electron chi connectivity index (χ2n) is 22.2. The van der Waals surface area contributed by atoms with E-state index in [-0.39, 0.29) is 5.41 Å². The highest BCUT2D eigenvalue weighted by molar-refractivity contribution is 6.20. The number of nitrogens with zero attached hydrogens (tertiary/aromatic N) is 2. The smallest absolute Gasteiger partial charge is 0.0493 e. The Labute approximate surface area is 440 Å². The van der Waals surface area contributed by atoms with E-state index in [1.165, 1.54) is 133 Å². The van der Waals surface area contributed by atoms with E-state index in [2.05, 4.69) is 248 Å². The molecule has 10 aromatic carbocycles. The van der Waals surface area contributed by atoms with Gasteiger partial charge in [-0.2, -0.15) is 0 Å². The number of para-hydroxylation sites is 3. The van der Waals surface area contributed by atoms with Gasteiger partial charge < -0.3 is 9.80 Å². The van der Waals surface area contributed by atoms with E-state index in [9.17, 15) is 0 Å². The van der Waals surface area contributed by atoms with Crippen molar-refractivity contribution in [3.05, 3.63) is 269 Å². The van der Waals surface area contributed by atoms with Crippen LogP contribution in [0, 0.1) is 5.92 Å². The van der Waals surface area contributed by atoms with Crippen molar-refractivity contribution in [2.75, 3.05) is 9.80 Å². The van der Waals surface area contributed by atoms with Crippen LogP contribution in [0.5, 0.6) is 0 Å². The molecule has 360 valence electrons. The van der Waals surface area contributed by atoms with E-state index in [1.807, 2.05) is 0 Å². The van der Waals surface area contributed by atoms with Gasteiger partial charge in [0, 0.05) is 34.1 Å². The van der Waals surface area contributed by atoms with Crippen molar-refractivity contribution in [2.45, 2.75) is 64.2 Å². The second-order valence-corrected chi connectivity index (χ2v) is 22.2. The molecule has 3 aliphatic carbocycles. The van der Waals surface area contributed by atoms with Gasteiger partial charge >= 0.3 is 0 Å². The lowest BCUT2D eigenvalue weighted by atomic mass is 9.71. The van der Waals surface area contributed by atoms with Gasteiger partial charge in [0.15, 0.2) is 0 Å². The Hall–Kier alpha value is -8.46. The van der Waals surface area contributed by atoms with E-state index in [1.54, 1.807) is 5.57 Å². The zero-order valence-electron chi connectivity index (χ0n) is 42.8. The van der Waals surface area contributed by atoms with Crippen molar-refractivity contribution in [1.82, 2.24) is 0 Å². The Morgan fingerprint density at radius 1 is 0.440 bits per heavy atom. The fraction of sp³-hybridized carbons (Fsp3) is 0.151. The first-order valence-electron chi connectivity index (χ1n) is 27.3. The molecule has 1 unspecified atom stereocenters. The van der Waals surface area contributed by atoms with Gasteiger partial charge in [-0.05, 0) is 216 Å². The Bertz CT molecular complexity index is 4090. The van der Waals surface area contributed by atoms with Gasteiger partial charge in [0.2, 0.25) is 0 Å². The highest BCUT2D eigenvalue weighted by Gasteiger charge is 2.44. The van der Waals surface area contributed by atoms with Gasteiger partial charge in [0.25, 0.3) is 0 Å². The van der Waals surface area contributed by atoms with Gasteiger partial charge in [-0.3, -0.25) is 0 Å². The lowest BCUT2D eigenvalue weighted by molar-refractivity contribution is 0.418. The standard InChI is InChI=1S/C73H58N2/c1-73(2)65-22-10-9-21-59(65)60-40-37-56(44-66(60)73)72-62-42-39-57(74-67-23-11-5-16-49(67)30-31-50-17-6-12-24-68(50)74)45-63(62)71(53-34-27-48(28-35-53)55-36-29-47-15-3-4-20-54(47)43-55)61-41-38-58(46-64(61)72)75-69-25-13-7-18-51(69)32-33-52-19-8-14-26-70(52)75/h3-7,9-18,20-29,34-43,45-46,66H,8,19,30-33,44H2,1-2H3. The third kappa shape index (κ3) is 7.06. The van der Waals surface area contributed by atoms with Crippen LogP contribution in [0.25, 0.3) is 65.7 Å². The van der Waals surface area contributed by atoms with Crippen molar-refractivity contribution in [2.24, 2.45) is 5.92 Å². The SMILES string of the molecule is CC1(C)c2ccccc2C2=CC=C(c3c4cc(N5C6=C(CCC=C6)CCc6ccccc65)ccc4c(-c4ccc(-c5ccc6ccccc6c5)cc4)c4cc(N5c6ccccc6CCc6ccccc65)ccc34)CC21. The van der Waals surface area contributed by atoms with Crippen molar-refractivity contribution >= 4 is 71.9 Å². The Balaban J connectivity index is 1.02. The molecule has 0 fully saturated rings. The quantitative estimate of drug-likeness (QED) is 0.159. The molecular formula is C73H58N2. The molecule has 0 radical (unpaired) electrons. The van der Waals surface area contributed by atoms with Gasteiger partial charge in [-0.1, -0.05) is 184 Å². The highest BCUT2D eigenvalue weighted by Crippen LogP contribution is 2.57. The first-order chi connectivity index (χ1) is 36.9. The minimum Gasteiger partial charge on any atom is -0.310 e. The third-order valence-electron chi connectivity index (χ3n) is 17.8. The molecule has 0 spiro atoms. The summed E-state index contributed by atoms with van der Waals surface area (Å²) in [6.07, 6.45) is 17.1. The fourth-order valence-corrected chi connectivity index (χ4v) is 14.0. The van der Waals surface area contributed by atoms with E-state index in [4.69, 9.17) is 0 Å². The van der Waals surface area contributed by atoms with Crippen LogP contribution in [0.1, 0.15) is 72.9 Å². The molecule has 2 heteroatoms. The molecule has 2 nitrogen and oxygen atoms in total. The molecule has 0 saturated carbocycles. The number of benzene rings is 10. The molecule has 5 aliphatic rings. The summed E-state index contributed by atoms with van der Waals surface area (Å²) in [5.41, 5.74) is 25.3. The first-order valence-corrected chi connectivity index (χ1v) is 27.3. The molecule has 0 saturated heterocycles. The van der Waals surface area contributed by atoms with E-state index < -0.39 is 0 Å². The van der Waals surface area contributed by atoms with Crippen molar-refractivity contribution in [3.63, 3.8) is 0 Å². The Morgan fingerprint density at radius 2 is 1.01 bits per heavy atom. The molecule has 75 heavy (non-hydrogen) atoms. The summed E-state index contributed by atoms with van der Waals surface area (Å²) >= 11 is 0. The minimum absolute atomic E-state index is 0.0158. The summed E-state index contributed by atoms with van der Waals surface area (Å²) in [5, 5.41) is 7.65. The number of rotatable bonds is 5. The number of aryl methyl sites for hydroxylation is 3. The minimum atomic E-state index is -0.0158. The number of hydrogen-bond donors (Lipinski definition) is 0. The largest absolute Gasteiger partial charge is 0.310 e. The van der Waals surface area contributed by atoms with Crippen molar-refractivity contribution in [1.29, 1.82) is 0 Å².